The first-order valence-corrected chi connectivity index (χ1v) is 20.5. The van der Waals surface area contributed by atoms with Gasteiger partial charge in [-0.25, -0.2) is 4.98 Å². The molecule has 5 amide bonds. The normalized spacial score (nSPS) is 19.8. The number of nitrogens with zero attached hydrogens (tertiary/aromatic N) is 6. The Bertz CT molecular complexity index is 2560. The van der Waals surface area contributed by atoms with Gasteiger partial charge in [0.15, 0.2) is 0 Å². The summed E-state index contributed by atoms with van der Waals surface area (Å²) in [7, 11) is 1.59. The Balaban J connectivity index is 0.000000178. The Morgan fingerprint density at radius 1 is 0.933 bits per heavy atom. The number of piperidine rings is 1. The van der Waals surface area contributed by atoms with E-state index in [1.807, 2.05) is 41.4 Å². The molecule has 0 bridgehead atoms. The molecule has 5 aliphatic heterocycles. The predicted molar refractivity (Wildman–Crippen MR) is 220 cm³/mol. The molecule has 15 nitrogen and oxygen atoms in total. The highest BCUT2D eigenvalue weighted by molar-refractivity contribution is 6.06. The van der Waals surface area contributed by atoms with E-state index in [9.17, 15) is 24.0 Å². The van der Waals surface area contributed by atoms with Crippen LogP contribution in [-0.4, -0.2) is 98.3 Å². The number of hydrogen-bond donors (Lipinski definition) is 2. The summed E-state index contributed by atoms with van der Waals surface area (Å²) in [5.74, 6) is 1.61. The molecule has 0 spiro atoms. The van der Waals surface area contributed by atoms with Crippen LogP contribution in [0.15, 0.2) is 60.9 Å². The quantitative estimate of drug-likeness (QED) is 0.236. The van der Waals surface area contributed by atoms with E-state index in [4.69, 9.17) is 19.4 Å². The molecule has 0 aliphatic carbocycles. The average molecular weight is 811 g/mol. The lowest BCUT2D eigenvalue weighted by Gasteiger charge is -2.30. The third kappa shape index (κ3) is 7.06. The molecular weight excluding hydrogens is 765 g/mol. The van der Waals surface area contributed by atoms with Crippen LogP contribution in [0.1, 0.15) is 94.9 Å². The zero-order chi connectivity index (χ0) is 41.7. The van der Waals surface area contributed by atoms with Crippen molar-refractivity contribution >= 4 is 40.3 Å². The van der Waals surface area contributed by atoms with Crippen molar-refractivity contribution in [2.75, 3.05) is 33.4 Å². The Hall–Kier alpha value is -6.48. The van der Waals surface area contributed by atoms with Crippen LogP contribution in [0.3, 0.4) is 0 Å². The van der Waals surface area contributed by atoms with Crippen molar-refractivity contribution in [3.05, 3.63) is 94.8 Å². The van der Waals surface area contributed by atoms with E-state index >= 15 is 0 Å². The summed E-state index contributed by atoms with van der Waals surface area (Å²) in [6.45, 7) is 8.21. The van der Waals surface area contributed by atoms with Crippen molar-refractivity contribution in [2.45, 2.75) is 77.0 Å². The van der Waals surface area contributed by atoms with Crippen LogP contribution < -0.4 is 15.4 Å². The summed E-state index contributed by atoms with van der Waals surface area (Å²) in [6, 6.07) is 15.0. The molecular formula is C45H46N8O7. The molecule has 3 aromatic heterocycles. The average Bonchev–Trinajstić information content (AvgIpc) is 3.96. The van der Waals surface area contributed by atoms with Gasteiger partial charge in [0.2, 0.25) is 17.7 Å². The molecule has 2 unspecified atom stereocenters. The van der Waals surface area contributed by atoms with Gasteiger partial charge in [0.1, 0.15) is 23.3 Å². The smallest absolute Gasteiger partial charge is 0.269 e. The highest BCUT2D eigenvalue weighted by Gasteiger charge is 2.42. The van der Waals surface area contributed by atoms with E-state index < -0.39 is 6.04 Å². The van der Waals surface area contributed by atoms with Gasteiger partial charge in [0.25, 0.3) is 11.8 Å². The zero-order valence-electron chi connectivity index (χ0n) is 33.8. The van der Waals surface area contributed by atoms with Gasteiger partial charge in [-0.1, -0.05) is 31.2 Å². The Morgan fingerprint density at radius 3 is 2.52 bits per heavy atom. The van der Waals surface area contributed by atoms with Crippen molar-refractivity contribution < 1.29 is 33.4 Å². The molecule has 2 N–H and O–H groups in total. The van der Waals surface area contributed by atoms with Gasteiger partial charge < -0.3 is 29.2 Å². The van der Waals surface area contributed by atoms with Gasteiger partial charge in [0.05, 0.1) is 36.8 Å². The maximum absolute atomic E-state index is 12.6. The minimum Gasteiger partial charge on any atom is -0.492 e. The lowest BCUT2D eigenvalue weighted by atomic mass is 9.98. The molecule has 60 heavy (non-hydrogen) atoms. The molecule has 10 rings (SSSR count). The Kier molecular flexibility index (Phi) is 10.4. The van der Waals surface area contributed by atoms with E-state index in [0.29, 0.717) is 55.8 Å². The zero-order valence-corrected chi connectivity index (χ0v) is 33.8. The number of nitrogens with one attached hydrogen (secondary N) is 2. The van der Waals surface area contributed by atoms with Crippen LogP contribution in [-0.2, 0) is 38.8 Å². The molecule has 8 heterocycles. The molecule has 2 atom stereocenters. The standard InChI is InChI=1S/C29H30N6O3.C16H16N2O4/c1-18(36)34-10-11-35-26(17-34)27(33-28(35)19-8-12-38-13-9-19)22-5-3-4-20-14-25(32-16-23(20)22)21-6-7-24(31-15-21)29(37)30-2;1-8-7-22-14-9(8)2-3-10-11(14)6-18(16(10)21)12-4-5-13(19)17-15(12)20/h3-7,14-16,19H,8-13,17H2,1-2H3,(H,30,37);2-3,8,12H,4-7H2,1H3,(H,17,19,20). The fourth-order valence-corrected chi connectivity index (χ4v) is 8.98. The highest BCUT2D eigenvalue weighted by atomic mass is 16.5. The van der Waals surface area contributed by atoms with Crippen molar-refractivity contribution in [1.82, 2.24) is 40.0 Å². The molecule has 2 saturated heterocycles. The second-order valence-electron chi connectivity index (χ2n) is 16.0. The number of imidazole rings is 1. The first-order valence-electron chi connectivity index (χ1n) is 20.5. The third-order valence-electron chi connectivity index (χ3n) is 12.3. The Labute approximate surface area is 346 Å². The molecule has 5 aromatic rings. The topological polar surface area (TPSA) is 178 Å². The summed E-state index contributed by atoms with van der Waals surface area (Å²) in [5.41, 5.74) is 7.61. The maximum atomic E-state index is 12.6. The second-order valence-corrected chi connectivity index (χ2v) is 16.0. The lowest BCUT2D eigenvalue weighted by Crippen LogP contribution is -2.52. The first kappa shape index (κ1) is 39.0. The number of rotatable bonds is 5. The summed E-state index contributed by atoms with van der Waals surface area (Å²) in [4.78, 5) is 77.7. The fraction of sp³-hybridized carbons (Fsp3) is 0.378. The SMILES string of the molecule is CC1COc2c1ccc1c2CN(C2CCC(=O)NC2=O)C1=O.CNC(=O)c1ccc(-c2cc3cccc(-c4nc(C5CCOCC5)n5c4CN(C(C)=O)CC5)c3cn2)cn1. The summed E-state index contributed by atoms with van der Waals surface area (Å²) < 4.78 is 13.7. The molecule has 0 radical (unpaired) electrons. The van der Waals surface area contributed by atoms with Gasteiger partial charge in [-0.3, -0.25) is 39.3 Å². The summed E-state index contributed by atoms with van der Waals surface area (Å²) >= 11 is 0. The Morgan fingerprint density at radius 2 is 1.77 bits per heavy atom. The molecule has 308 valence electrons. The monoisotopic (exact) mass is 810 g/mol. The third-order valence-corrected chi connectivity index (χ3v) is 12.3. The van der Waals surface area contributed by atoms with Crippen molar-refractivity contribution in [3.63, 3.8) is 0 Å². The minimum atomic E-state index is -0.577. The van der Waals surface area contributed by atoms with Gasteiger partial charge in [0, 0.05) is 104 Å². The lowest BCUT2D eigenvalue weighted by molar-refractivity contribution is -0.137. The van der Waals surface area contributed by atoms with Gasteiger partial charge in [-0.15, -0.1) is 0 Å². The van der Waals surface area contributed by atoms with Crippen LogP contribution in [0.25, 0.3) is 33.3 Å². The second kappa shape index (κ2) is 15.9. The van der Waals surface area contributed by atoms with Crippen LogP contribution >= 0.6 is 0 Å². The number of carbonyl (C=O) groups is 5. The number of benzene rings is 2. The number of aromatic nitrogens is 4. The van der Waals surface area contributed by atoms with E-state index in [2.05, 4.69) is 39.2 Å². The predicted octanol–water partition coefficient (Wildman–Crippen LogP) is 4.72. The molecule has 2 aromatic carbocycles. The van der Waals surface area contributed by atoms with Crippen molar-refractivity contribution in [3.8, 4) is 28.3 Å². The van der Waals surface area contributed by atoms with E-state index in [1.165, 1.54) is 0 Å². The van der Waals surface area contributed by atoms with Crippen LogP contribution in [0, 0.1) is 0 Å². The van der Waals surface area contributed by atoms with Crippen molar-refractivity contribution in [2.24, 2.45) is 0 Å². The summed E-state index contributed by atoms with van der Waals surface area (Å²) in [6.07, 6.45) is 6.12. The van der Waals surface area contributed by atoms with Gasteiger partial charge in [-0.05, 0) is 48.9 Å². The van der Waals surface area contributed by atoms with Crippen LogP contribution in [0.4, 0.5) is 0 Å². The highest BCUT2D eigenvalue weighted by Crippen LogP contribution is 2.43. The molecule has 2 fully saturated rings. The summed E-state index contributed by atoms with van der Waals surface area (Å²) in [5, 5.41) is 6.94. The number of ether oxygens (including phenoxy) is 2. The molecule has 0 saturated carbocycles. The maximum Gasteiger partial charge on any atom is 0.269 e. The number of hydrogen-bond acceptors (Lipinski definition) is 10. The fourth-order valence-electron chi connectivity index (χ4n) is 8.98. The van der Waals surface area contributed by atoms with Crippen LogP contribution in [0.5, 0.6) is 5.75 Å². The number of carbonyl (C=O) groups excluding carboxylic acids is 5. The van der Waals surface area contributed by atoms with E-state index in [-0.39, 0.29) is 36.0 Å². The van der Waals surface area contributed by atoms with Crippen LogP contribution in [0.2, 0.25) is 0 Å². The molecule has 15 heteroatoms. The van der Waals surface area contributed by atoms with Gasteiger partial charge in [-0.2, -0.15) is 0 Å². The largest absolute Gasteiger partial charge is 0.492 e. The number of fused-ring (bicyclic) bond motifs is 5. The minimum absolute atomic E-state index is 0.0799. The van der Waals surface area contributed by atoms with E-state index in [1.54, 1.807) is 31.1 Å². The first-order chi connectivity index (χ1) is 29.1. The number of imide groups is 1. The molecule has 5 aliphatic rings. The van der Waals surface area contributed by atoms with Gasteiger partial charge >= 0.3 is 0 Å². The number of pyridine rings is 2. The number of amides is 5. The van der Waals surface area contributed by atoms with E-state index in [0.717, 1.165) is 94.3 Å². The van der Waals surface area contributed by atoms with Crippen molar-refractivity contribution in [1.29, 1.82) is 0 Å².